The minimum Gasteiger partial charge on any atom is -0.393 e. The highest BCUT2D eigenvalue weighted by Crippen LogP contribution is 2.51. The van der Waals surface area contributed by atoms with Gasteiger partial charge in [-0.05, 0) is 36.2 Å². The summed E-state index contributed by atoms with van der Waals surface area (Å²) in [6.07, 6.45) is 1.88. The Balaban J connectivity index is 1.86. The van der Waals surface area contributed by atoms with Crippen molar-refractivity contribution in [1.82, 2.24) is 0 Å². The molecular formula is C15H22O2. The van der Waals surface area contributed by atoms with E-state index in [1.165, 1.54) is 5.56 Å². The number of hydrogen-bond acceptors (Lipinski definition) is 2. The molecule has 1 N–H and O–H groups in total. The first kappa shape index (κ1) is 12.6. The molecule has 0 aromatic heterocycles. The SMILES string of the molecule is COCCC(C)C(O)C1CC1c1ccccc1. The van der Waals surface area contributed by atoms with Crippen LogP contribution in [0.15, 0.2) is 30.3 Å². The fraction of sp³-hybridized carbons (Fsp3) is 0.600. The Bertz CT molecular complexity index is 336. The fourth-order valence-corrected chi connectivity index (χ4v) is 2.57. The standard InChI is InChI=1S/C15H22O2/c1-11(8-9-17-2)15(16)14-10-13(14)12-6-4-3-5-7-12/h3-7,11,13-16H,8-10H2,1-2H3. The Morgan fingerprint density at radius 3 is 2.71 bits per heavy atom. The van der Waals surface area contributed by atoms with Gasteiger partial charge in [0.2, 0.25) is 0 Å². The van der Waals surface area contributed by atoms with Crippen LogP contribution in [0.1, 0.15) is 31.2 Å². The number of benzene rings is 1. The van der Waals surface area contributed by atoms with Gasteiger partial charge in [-0.3, -0.25) is 0 Å². The molecule has 2 rings (SSSR count). The summed E-state index contributed by atoms with van der Waals surface area (Å²) in [6.45, 7) is 2.85. The Morgan fingerprint density at radius 1 is 1.35 bits per heavy atom. The number of hydrogen-bond donors (Lipinski definition) is 1. The Morgan fingerprint density at radius 2 is 2.06 bits per heavy atom. The largest absolute Gasteiger partial charge is 0.393 e. The summed E-state index contributed by atoms with van der Waals surface area (Å²) in [5.74, 6) is 1.34. The zero-order valence-corrected chi connectivity index (χ0v) is 10.7. The maximum atomic E-state index is 10.3. The summed E-state index contributed by atoms with van der Waals surface area (Å²) >= 11 is 0. The third-order valence-electron chi connectivity index (χ3n) is 3.87. The summed E-state index contributed by atoms with van der Waals surface area (Å²) in [5.41, 5.74) is 1.37. The van der Waals surface area contributed by atoms with Gasteiger partial charge in [-0.15, -0.1) is 0 Å². The molecule has 1 saturated carbocycles. The molecule has 1 fully saturated rings. The monoisotopic (exact) mass is 234 g/mol. The van der Waals surface area contributed by atoms with Crippen molar-refractivity contribution >= 4 is 0 Å². The lowest BCUT2D eigenvalue weighted by Gasteiger charge is -2.18. The van der Waals surface area contributed by atoms with Crippen LogP contribution in [-0.2, 0) is 4.74 Å². The highest BCUT2D eigenvalue weighted by Gasteiger charge is 2.44. The number of rotatable bonds is 6. The summed E-state index contributed by atoms with van der Waals surface area (Å²) in [4.78, 5) is 0. The topological polar surface area (TPSA) is 29.5 Å². The molecule has 4 unspecified atom stereocenters. The van der Waals surface area contributed by atoms with Crippen LogP contribution >= 0.6 is 0 Å². The van der Waals surface area contributed by atoms with Crippen LogP contribution in [0.5, 0.6) is 0 Å². The van der Waals surface area contributed by atoms with Crippen molar-refractivity contribution in [2.24, 2.45) is 11.8 Å². The van der Waals surface area contributed by atoms with Crippen LogP contribution in [0.3, 0.4) is 0 Å². The van der Waals surface area contributed by atoms with E-state index in [1.807, 2.05) is 6.07 Å². The second-order valence-electron chi connectivity index (χ2n) is 5.17. The average Bonchev–Trinajstić information content (AvgIpc) is 3.16. The normalized spacial score (nSPS) is 26.5. The van der Waals surface area contributed by atoms with E-state index in [2.05, 4.69) is 31.2 Å². The van der Waals surface area contributed by atoms with Gasteiger partial charge in [-0.25, -0.2) is 0 Å². The van der Waals surface area contributed by atoms with Crippen molar-refractivity contribution < 1.29 is 9.84 Å². The predicted octanol–water partition coefficient (Wildman–Crippen LogP) is 2.82. The van der Waals surface area contributed by atoms with Crippen LogP contribution in [0.2, 0.25) is 0 Å². The molecule has 2 nitrogen and oxygen atoms in total. The van der Waals surface area contributed by atoms with Crippen LogP contribution in [0, 0.1) is 11.8 Å². The fourth-order valence-electron chi connectivity index (χ4n) is 2.57. The maximum Gasteiger partial charge on any atom is 0.0600 e. The zero-order valence-electron chi connectivity index (χ0n) is 10.7. The van der Waals surface area contributed by atoms with E-state index in [0.717, 1.165) is 19.4 Å². The first-order valence-electron chi connectivity index (χ1n) is 6.46. The lowest BCUT2D eigenvalue weighted by Crippen LogP contribution is -2.22. The molecule has 94 valence electrons. The van der Waals surface area contributed by atoms with Gasteiger partial charge in [0.1, 0.15) is 0 Å². The third kappa shape index (κ3) is 3.08. The van der Waals surface area contributed by atoms with E-state index in [9.17, 15) is 5.11 Å². The minimum absolute atomic E-state index is 0.185. The lowest BCUT2D eigenvalue weighted by atomic mass is 9.95. The van der Waals surface area contributed by atoms with Crippen LogP contribution < -0.4 is 0 Å². The Labute approximate surface area is 104 Å². The van der Waals surface area contributed by atoms with Gasteiger partial charge in [0.05, 0.1) is 6.10 Å². The van der Waals surface area contributed by atoms with Gasteiger partial charge in [-0.1, -0.05) is 37.3 Å². The minimum atomic E-state index is -0.185. The van der Waals surface area contributed by atoms with E-state index < -0.39 is 0 Å². The lowest BCUT2D eigenvalue weighted by molar-refractivity contribution is 0.0705. The van der Waals surface area contributed by atoms with Crippen molar-refractivity contribution in [3.8, 4) is 0 Å². The first-order valence-corrected chi connectivity index (χ1v) is 6.46. The summed E-state index contributed by atoms with van der Waals surface area (Å²) < 4.78 is 5.06. The molecule has 0 bridgehead atoms. The van der Waals surface area contributed by atoms with Crippen molar-refractivity contribution in [2.45, 2.75) is 31.8 Å². The molecule has 17 heavy (non-hydrogen) atoms. The van der Waals surface area contributed by atoms with Crippen molar-refractivity contribution in [3.63, 3.8) is 0 Å². The first-order chi connectivity index (χ1) is 8.24. The summed E-state index contributed by atoms with van der Waals surface area (Å²) in [5, 5.41) is 10.3. The average molecular weight is 234 g/mol. The van der Waals surface area contributed by atoms with Crippen molar-refractivity contribution in [3.05, 3.63) is 35.9 Å². The summed E-state index contributed by atoms with van der Waals surface area (Å²) in [7, 11) is 1.71. The smallest absolute Gasteiger partial charge is 0.0600 e. The predicted molar refractivity (Wildman–Crippen MR) is 69.0 cm³/mol. The number of ether oxygens (including phenoxy) is 1. The second kappa shape index (κ2) is 5.65. The summed E-state index contributed by atoms with van der Waals surface area (Å²) in [6, 6.07) is 10.5. The molecule has 0 heterocycles. The third-order valence-corrected chi connectivity index (χ3v) is 3.87. The molecule has 4 atom stereocenters. The van der Waals surface area contributed by atoms with Gasteiger partial charge >= 0.3 is 0 Å². The maximum absolute atomic E-state index is 10.3. The molecule has 0 amide bonds. The van der Waals surface area contributed by atoms with E-state index in [-0.39, 0.29) is 6.10 Å². The van der Waals surface area contributed by atoms with Crippen LogP contribution in [0.4, 0.5) is 0 Å². The Hall–Kier alpha value is -0.860. The van der Waals surface area contributed by atoms with Crippen LogP contribution in [-0.4, -0.2) is 24.9 Å². The molecule has 0 saturated heterocycles. The number of aliphatic hydroxyl groups excluding tert-OH is 1. The van der Waals surface area contributed by atoms with Gasteiger partial charge in [0.25, 0.3) is 0 Å². The molecular weight excluding hydrogens is 212 g/mol. The van der Waals surface area contributed by atoms with E-state index >= 15 is 0 Å². The quantitative estimate of drug-likeness (QED) is 0.820. The van der Waals surface area contributed by atoms with Gasteiger partial charge in [-0.2, -0.15) is 0 Å². The van der Waals surface area contributed by atoms with E-state index in [0.29, 0.717) is 17.8 Å². The molecule has 0 aliphatic heterocycles. The van der Waals surface area contributed by atoms with E-state index in [4.69, 9.17) is 4.74 Å². The second-order valence-corrected chi connectivity index (χ2v) is 5.17. The molecule has 0 radical (unpaired) electrons. The van der Waals surface area contributed by atoms with Crippen molar-refractivity contribution in [1.29, 1.82) is 0 Å². The molecule has 0 spiro atoms. The highest BCUT2D eigenvalue weighted by molar-refractivity contribution is 5.26. The Kier molecular flexibility index (Phi) is 4.19. The number of aliphatic hydroxyl groups is 1. The van der Waals surface area contributed by atoms with E-state index in [1.54, 1.807) is 7.11 Å². The van der Waals surface area contributed by atoms with Gasteiger partial charge < -0.3 is 9.84 Å². The molecule has 1 aromatic rings. The van der Waals surface area contributed by atoms with Crippen LogP contribution in [0.25, 0.3) is 0 Å². The molecule has 1 aliphatic rings. The molecule has 1 aromatic carbocycles. The molecule has 2 heteroatoms. The van der Waals surface area contributed by atoms with Crippen molar-refractivity contribution in [2.75, 3.05) is 13.7 Å². The number of methoxy groups -OCH3 is 1. The van der Waals surface area contributed by atoms with Gasteiger partial charge in [0.15, 0.2) is 0 Å². The highest BCUT2D eigenvalue weighted by atomic mass is 16.5. The zero-order chi connectivity index (χ0) is 12.3. The molecule has 1 aliphatic carbocycles. The van der Waals surface area contributed by atoms with Gasteiger partial charge in [0, 0.05) is 13.7 Å².